The Kier molecular flexibility index (Phi) is 3.62. The molecule has 0 amide bonds. The summed E-state index contributed by atoms with van der Waals surface area (Å²) in [6, 6.07) is 12.5. The summed E-state index contributed by atoms with van der Waals surface area (Å²) in [4.78, 5) is 16.3. The second-order valence-electron chi connectivity index (χ2n) is 4.68. The third-order valence-electron chi connectivity index (χ3n) is 3.12. The Morgan fingerprint density at radius 3 is 2.86 bits per heavy atom. The van der Waals surface area contributed by atoms with Gasteiger partial charge in [-0.2, -0.15) is 0 Å². The van der Waals surface area contributed by atoms with Crippen LogP contribution in [0.1, 0.15) is 11.3 Å². The van der Waals surface area contributed by atoms with Crippen LogP contribution in [0.5, 0.6) is 5.75 Å². The maximum Gasteiger partial charge on any atom is 0.258 e. The normalized spacial score (nSPS) is 10.8. The van der Waals surface area contributed by atoms with Crippen molar-refractivity contribution >= 4 is 17.2 Å². The quantitative estimate of drug-likeness (QED) is 0.746. The molecule has 3 aromatic rings. The zero-order valence-corrected chi connectivity index (χ0v) is 12.2. The molecule has 0 spiro atoms. The van der Waals surface area contributed by atoms with Crippen molar-refractivity contribution in [1.29, 1.82) is 0 Å². The van der Waals surface area contributed by atoms with Gasteiger partial charge in [-0.1, -0.05) is 29.8 Å². The molecule has 0 atom stereocenters. The SMILES string of the molecule is Cc1cc(=O)n2cccc(OCc3ccccc3Cl)c2n1. The van der Waals surface area contributed by atoms with E-state index in [0.29, 0.717) is 28.7 Å². The van der Waals surface area contributed by atoms with Crippen LogP contribution in [0.2, 0.25) is 5.02 Å². The molecule has 2 heterocycles. The third kappa shape index (κ3) is 2.76. The minimum absolute atomic E-state index is 0.124. The van der Waals surface area contributed by atoms with Crippen molar-refractivity contribution < 1.29 is 4.74 Å². The summed E-state index contributed by atoms with van der Waals surface area (Å²) in [6.45, 7) is 2.11. The molecule has 5 heteroatoms. The van der Waals surface area contributed by atoms with Gasteiger partial charge in [-0.15, -0.1) is 0 Å². The highest BCUT2D eigenvalue weighted by Crippen LogP contribution is 2.21. The molecular formula is C16H13ClN2O2. The van der Waals surface area contributed by atoms with Gasteiger partial charge >= 0.3 is 0 Å². The van der Waals surface area contributed by atoms with E-state index in [2.05, 4.69) is 4.98 Å². The van der Waals surface area contributed by atoms with Gasteiger partial charge in [0, 0.05) is 28.5 Å². The molecule has 106 valence electrons. The summed E-state index contributed by atoms with van der Waals surface area (Å²) in [5.41, 5.74) is 1.93. The number of aromatic nitrogens is 2. The highest BCUT2D eigenvalue weighted by molar-refractivity contribution is 6.31. The number of hydrogen-bond acceptors (Lipinski definition) is 3. The first-order valence-corrected chi connectivity index (χ1v) is 6.88. The van der Waals surface area contributed by atoms with Gasteiger partial charge in [0.15, 0.2) is 11.4 Å². The van der Waals surface area contributed by atoms with Crippen LogP contribution in [0, 0.1) is 6.92 Å². The van der Waals surface area contributed by atoms with E-state index in [1.165, 1.54) is 10.5 Å². The highest BCUT2D eigenvalue weighted by Gasteiger charge is 2.07. The number of nitrogens with zero attached hydrogens (tertiary/aromatic N) is 2. The van der Waals surface area contributed by atoms with E-state index in [9.17, 15) is 4.79 Å². The lowest BCUT2D eigenvalue weighted by atomic mass is 10.2. The van der Waals surface area contributed by atoms with Crippen LogP contribution in [0.15, 0.2) is 53.5 Å². The number of rotatable bonds is 3. The number of halogens is 1. The van der Waals surface area contributed by atoms with Crippen molar-refractivity contribution in [3.05, 3.63) is 75.3 Å². The third-order valence-corrected chi connectivity index (χ3v) is 3.49. The Hall–Kier alpha value is -2.33. The van der Waals surface area contributed by atoms with E-state index in [4.69, 9.17) is 16.3 Å². The number of hydrogen-bond donors (Lipinski definition) is 0. The van der Waals surface area contributed by atoms with Crippen LogP contribution in [-0.2, 0) is 6.61 Å². The minimum atomic E-state index is -0.124. The van der Waals surface area contributed by atoms with Crippen LogP contribution in [0.25, 0.3) is 5.65 Å². The maximum atomic E-state index is 11.9. The molecule has 21 heavy (non-hydrogen) atoms. The number of aryl methyl sites for hydroxylation is 1. The van der Waals surface area contributed by atoms with Crippen LogP contribution < -0.4 is 10.3 Å². The van der Waals surface area contributed by atoms with Gasteiger partial charge in [-0.05, 0) is 25.1 Å². The van der Waals surface area contributed by atoms with Crippen molar-refractivity contribution in [3.8, 4) is 5.75 Å². The number of ether oxygens (including phenoxy) is 1. The Bertz CT molecular complexity index is 858. The topological polar surface area (TPSA) is 43.6 Å². The Morgan fingerprint density at radius 1 is 1.24 bits per heavy atom. The summed E-state index contributed by atoms with van der Waals surface area (Å²) in [5, 5.41) is 0.652. The molecule has 3 rings (SSSR count). The summed E-state index contributed by atoms with van der Waals surface area (Å²) in [5.74, 6) is 0.554. The van der Waals surface area contributed by atoms with E-state index in [0.717, 1.165) is 5.56 Å². The molecule has 4 nitrogen and oxygen atoms in total. The minimum Gasteiger partial charge on any atom is -0.485 e. The maximum absolute atomic E-state index is 11.9. The summed E-state index contributed by atoms with van der Waals surface area (Å²) in [7, 11) is 0. The lowest BCUT2D eigenvalue weighted by molar-refractivity contribution is 0.308. The lowest BCUT2D eigenvalue weighted by Gasteiger charge is -2.10. The van der Waals surface area contributed by atoms with Crippen LogP contribution in [0.3, 0.4) is 0 Å². The Morgan fingerprint density at radius 2 is 2.05 bits per heavy atom. The van der Waals surface area contributed by atoms with Gasteiger partial charge in [0.2, 0.25) is 0 Å². The predicted molar refractivity (Wildman–Crippen MR) is 82.0 cm³/mol. The highest BCUT2D eigenvalue weighted by atomic mass is 35.5. The second kappa shape index (κ2) is 5.58. The van der Waals surface area contributed by atoms with Crippen LogP contribution in [-0.4, -0.2) is 9.38 Å². The molecule has 0 radical (unpaired) electrons. The molecular weight excluding hydrogens is 288 g/mol. The number of fused-ring (bicyclic) bond motifs is 1. The van der Waals surface area contributed by atoms with E-state index in [-0.39, 0.29) is 5.56 Å². The average Bonchev–Trinajstić information content (AvgIpc) is 2.46. The smallest absolute Gasteiger partial charge is 0.258 e. The van der Waals surface area contributed by atoms with Crippen LogP contribution in [0.4, 0.5) is 0 Å². The molecule has 1 aromatic carbocycles. The zero-order valence-electron chi connectivity index (χ0n) is 11.4. The first-order valence-electron chi connectivity index (χ1n) is 6.50. The lowest BCUT2D eigenvalue weighted by Crippen LogP contribution is -2.15. The second-order valence-corrected chi connectivity index (χ2v) is 5.09. The van der Waals surface area contributed by atoms with Gasteiger partial charge in [-0.25, -0.2) is 4.98 Å². The Labute approximate surface area is 126 Å². The largest absolute Gasteiger partial charge is 0.485 e. The van der Waals surface area contributed by atoms with Crippen molar-refractivity contribution in [2.24, 2.45) is 0 Å². The first kappa shape index (κ1) is 13.6. The van der Waals surface area contributed by atoms with Crippen molar-refractivity contribution in [3.63, 3.8) is 0 Å². The molecule has 0 fully saturated rings. The fraction of sp³-hybridized carbons (Fsp3) is 0.125. The molecule has 0 unspecified atom stereocenters. The van der Waals surface area contributed by atoms with E-state index in [1.807, 2.05) is 24.3 Å². The Balaban J connectivity index is 1.98. The molecule has 0 bridgehead atoms. The van der Waals surface area contributed by atoms with Crippen molar-refractivity contribution in [2.75, 3.05) is 0 Å². The molecule has 0 saturated carbocycles. The first-order chi connectivity index (χ1) is 10.1. The fourth-order valence-electron chi connectivity index (χ4n) is 2.10. The average molecular weight is 301 g/mol. The fourth-order valence-corrected chi connectivity index (χ4v) is 2.29. The van der Waals surface area contributed by atoms with Gasteiger partial charge in [-0.3, -0.25) is 9.20 Å². The van der Waals surface area contributed by atoms with Crippen molar-refractivity contribution in [2.45, 2.75) is 13.5 Å². The van der Waals surface area contributed by atoms with Crippen molar-refractivity contribution in [1.82, 2.24) is 9.38 Å². The summed E-state index contributed by atoms with van der Waals surface area (Å²) >= 11 is 6.11. The molecule has 0 N–H and O–H groups in total. The standard InChI is InChI=1S/C16H13ClN2O2/c1-11-9-15(20)19-8-4-7-14(16(19)18-11)21-10-12-5-2-3-6-13(12)17/h2-9H,10H2,1H3. The summed E-state index contributed by atoms with van der Waals surface area (Å²) < 4.78 is 7.26. The number of pyridine rings is 1. The summed E-state index contributed by atoms with van der Waals surface area (Å²) in [6.07, 6.45) is 1.67. The van der Waals surface area contributed by atoms with E-state index >= 15 is 0 Å². The van der Waals surface area contributed by atoms with Gasteiger partial charge in [0.25, 0.3) is 5.56 Å². The van der Waals surface area contributed by atoms with Gasteiger partial charge in [0.05, 0.1) is 0 Å². The molecule has 0 aliphatic heterocycles. The van der Waals surface area contributed by atoms with Crippen LogP contribution >= 0.6 is 11.6 Å². The van der Waals surface area contributed by atoms with Gasteiger partial charge < -0.3 is 4.74 Å². The molecule has 0 aliphatic carbocycles. The molecule has 0 saturated heterocycles. The predicted octanol–water partition coefficient (Wildman–Crippen LogP) is 3.24. The monoisotopic (exact) mass is 300 g/mol. The molecule has 2 aromatic heterocycles. The van der Waals surface area contributed by atoms with E-state index < -0.39 is 0 Å². The zero-order chi connectivity index (χ0) is 14.8. The van der Waals surface area contributed by atoms with Gasteiger partial charge in [0.1, 0.15) is 6.61 Å². The number of benzene rings is 1. The molecule has 0 aliphatic rings. The van der Waals surface area contributed by atoms with E-state index in [1.54, 1.807) is 25.3 Å².